The van der Waals surface area contributed by atoms with Gasteiger partial charge in [-0.1, -0.05) is 0 Å². The van der Waals surface area contributed by atoms with E-state index in [1.54, 1.807) is 4.90 Å². The predicted octanol–water partition coefficient (Wildman–Crippen LogP) is 0.0969. The van der Waals surface area contributed by atoms with E-state index >= 15 is 0 Å². The molecule has 0 saturated carbocycles. The molecule has 0 aromatic heterocycles. The van der Waals surface area contributed by atoms with Gasteiger partial charge in [0.1, 0.15) is 6.10 Å². The van der Waals surface area contributed by atoms with Crippen LogP contribution in [-0.2, 0) is 14.3 Å². The van der Waals surface area contributed by atoms with Crippen LogP contribution in [0.3, 0.4) is 0 Å². The number of carbonyl (C=O) groups excluding carboxylic acids is 1. The Morgan fingerprint density at radius 1 is 1.71 bits per heavy atom. The van der Waals surface area contributed by atoms with Crippen LogP contribution >= 0.6 is 0 Å². The maximum Gasteiger partial charge on any atom is 0.306 e. The van der Waals surface area contributed by atoms with Gasteiger partial charge >= 0.3 is 5.97 Å². The van der Waals surface area contributed by atoms with E-state index in [1.165, 1.54) is 0 Å². The fourth-order valence-electron chi connectivity index (χ4n) is 1.48. The third kappa shape index (κ3) is 2.45. The van der Waals surface area contributed by atoms with Gasteiger partial charge in [-0.05, 0) is 13.8 Å². The first kappa shape index (κ1) is 11.0. The van der Waals surface area contributed by atoms with E-state index in [-0.39, 0.29) is 18.4 Å². The molecule has 0 spiro atoms. The lowest BCUT2D eigenvalue weighted by molar-refractivity contribution is -0.161. The standard InChI is InChI=1S/C9H15NO4/c1-6(2)10-3-4-14-7(9(10)13)5-8(11)12/h6-7H,3-5H2,1-2H3,(H,11,12). The van der Waals surface area contributed by atoms with Crippen LogP contribution in [0.1, 0.15) is 20.3 Å². The van der Waals surface area contributed by atoms with Gasteiger partial charge in [0.05, 0.1) is 13.0 Å². The Morgan fingerprint density at radius 2 is 2.36 bits per heavy atom. The lowest BCUT2D eigenvalue weighted by Gasteiger charge is -2.34. The van der Waals surface area contributed by atoms with E-state index < -0.39 is 12.1 Å². The molecule has 1 fully saturated rings. The van der Waals surface area contributed by atoms with Crippen molar-refractivity contribution >= 4 is 11.9 Å². The Hall–Kier alpha value is -1.10. The van der Waals surface area contributed by atoms with Crippen LogP contribution in [0.25, 0.3) is 0 Å². The second-order valence-electron chi connectivity index (χ2n) is 3.58. The molecule has 5 heteroatoms. The van der Waals surface area contributed by atoms with E-state index in [9.17, 15) is 9.59 Å². The summed E-state index contributed by atoms with van der Waals surface area (Å²) < 4.78 is 5.11. The molecule has 80 valence electrons. The number of carboxylic acids is 1. The summed E-state index contributed by atoms with van der Waals surface area (Å²) >= 11 is 0. The van der Waals surface area contributed by atoms with Crippen molar-refractivity contribution in [3.05, 3.63) is 0 Å². The maximum atomic E-state index is 11.6. The van der Waals surface area contributed by atoms with Crippen molar-refractivity contribution in [1.82, 2.24) is 4.90 Å². The number of morpholine rings is 1. The fraction of sp³-hybridized carbons (Fsp3) is 0.778. The van der Waals surface area contributed by atoms with Crippen LogP contribution < -0.4 is 0 Å². The Balaban J connectivity index is 2.61. The van der Waals surface area contributed by atoms with Crippen molar-refractivity contribution in [2.75, 3.05) is 13.2 Å². The number of rotatable bonds is 3. The highest BCUT2D eigenvalue weighted by atomic mass is 16.5. The number of hydrogen-bond donors (Lipinski definition) is 1. The zero-order valence-electron chi connectivity index (χ0n) is 8.40. The van der Waals surface area contributed by atoms with Crippen molar-refractivity contribution in [3.8, 4) is 0 Å². The van der Waals surface area contributed by atoms with Gasteiger partial charge in [-0.2, -0.15) is 0 Å². The molecule has 1 saturated heterocycles. The summed E-state index contributed by atoms with van der Waals surface area (Å²) in [5, 5.41) is 8.56. The van der Waals surface area contributed by atoms with Gasteiger partial charge in [-0.25, -0.2) is 0 Å². The topological polar surface area (TPSA) is 66.8 Å². The van der Waals surface area contributed by atoms with E-state index in [0.717, 1.165) is 0 Å². The molecule has 0 aromatic carbocycles. The van der Waals surface area contributed by atoms with Gasteiger partial charge in [0, 0.05) is 12.6 Å². The first-order valence-electron chi connectivity index (χ1n) is 4.66. The molecule has 1 atom stereocenters. The summed E-state index contributed by atoms with van der Waals surface area (Å²) in [7, 11) is 0. The maximum absolute atomic E-state index is 11.6. The first-order chi connectivity index (χ1) is 6.52. The summed E-state index contributed by atoms with van der Waals surface area (Å²) in [5.74, 6) is -1.22. The minimum absolute atomic E-state index is 0.0997. The number of carboxylic acid groups (broad SMARTS) is 1. The third-order valence-electron chi connectivity index (χ3n) is 2.19. The average molecular weight is 201 g/mol. The van der Waals surface area contributed by atoms with E-state index in [2.05, 4.69) is 0 Å². The predicted molar refractivity (Wildman–Crippen MR) is 48.8 cm³/mol. The van der Waals surface area contributed by atoms with Gasteiger partial charge in [0.2, 0.25) is 0 Å². The highest BCUT2D eigenvalue weighted by Gasteiger charge is 2.32. The number of hydrogen-bond acceptors (Lipinski definition) is 3. The summed E-state index contributed by atoms with van der Waals surface area (Å²) in [6.45, 7) is 4.77. The minimum Gasteiger partial charge on any atom is -0.481 e. The molecular formula is C9H15NO4. The fourth-order valence-corrected chi connectivity index (χ4v) is 1.48. The summed E-state index contributed by atoms with van der Waals surface area (Å²) in [6, 6.07) is 0.0997. The Kier molecular flexibility index (Phi) is 3.46. The van der Waals surface area contributed by atoms with Gasteiger partial charge in [-0.3, -0.25) is 9.59 Å². The monoisotopic (exact) mass is 201 g/mol. The Bertz CT molecular complexity index is 239. The van der Waals surface area contributed by atoms with Crippen molar-refractivity contribution < 1.29 is 19.4 Å². The van der Waals surface area contributed by atoms with Crippen LogP contribution in [0, 0.1) is 0 Å². The van der Waals surface area contributed by atoms with E-state index in [0.29, 0.717) is 13.2 Å². The molecule has 1 N–H and O–H groups in total. The molecule has 1 aliphatic heterocycles. The molecule has 14 heavy (non-hydrogen) atoms. The molecule has 1 aliphatic rings. The van der Waals surface area contributed by atoms with Crippen LogP contribution in [0.4, 0.5) is 0 Å². The largest absolute Gasteiger partial charge is 0.481 e. The van der Waals surface area contributed by atoms with Gasteiger partial charge in [0.25, 0.3) is 5.91 Å². The van der Waals surface area contributed by atoms with Crippen LogP contribution in [0.2, 0.25) is 0 Å². The molecule has 1 rings (SSSR count). The number of nitrogens with zero attached hydrogens (tertiary/aromatic N) is 1. The summed E-state index contributed by atoms with van der Waals surface area (Å²) in [6.07, 6.45) is -1.05. The molecule has 1 unspecified atom stereocenters. The zero-order chi connectivity index (χ0) is 10.7. The van der Waals surface area contributed by atoms with Crippen molar-refractivity contribution in [2.24, 2.45) is 0 Å². The second-order valence-corrected chi connectivity index (χ2v) is 3.58. The molecular weight excluding hydrogens is 186 g/mol. The van der Waals surface area contributed by atoms with Gasteiger partial charge in [-0.15, -0.1) is 0 Å². The number of amides is 1. The summed E-state index contributed by atoms with van der Waals surface area (Å²) in [4.78, 5) is 23.7. The highest BCUT2D eigenvalue weighted by Crippen LogP contribution is 2.13. The lowest BCUT2D eigenvalue weighted by atomic mass is 10.1. The quantitative estimate of drug-likeness (QED) is 0.703. The molecule has 0 aliphatic carbocycles. The van der Waals surface area contributed by atoms with E-state index in [1.807, 2.05) is 13.8 Å². The number of carbonyl (C=O) groups is 2. The SMILES string of the molecule is CC(C)N1CCOC(CC(=O)O)C1=O. The smallest absolute Gasteiger partial charge is 0.306 e. The number of aliphatic carboxylic acids is 1. The summed E-state index contributed by atoms with van der Waals surface area (Å²) in [5.41, 5.74) is 0. The lowest BCUT2D eigenvalue weighted by Crippen LogP contribution is -2.51. The third-order valence-corrected chi connectivity index (χ3v) is 2.19. The molecule has 1 heterocycles. The van der Waals surface area contributed by atoms with Crippen molar-refractivity contribution in [1.29, 1.82) is 0 Å². The normalized spacial score (nSPS) is 22.9. The zero-order valence-corrected chi connectivity index (χ0v) is 8.40. The first-order valence-corrected chi connectivity index (χ1v) is 4.66. The number of ether oxygens (including phenoxy) is 1. The van der Waals surface area contributed by atoms with Crippen molar-refractivity contribution in [3.63, 3.8) is 0 Å². The molecule has 0 aromatic rings. The van der Waals surface area contributed by atoms with Crippen LogP contribution in [-0.4, -0.2) is 47.2 Å². The molecule has 5 nitrogen and oxygen atoms in total. The molecule has 0 bridgehead atoms. The second kappa shape index (κ2) is 4.41. The molecule has 0 radical (unpaired) electrons. The average Bonchev–Trinajstić information content (AvgIpc) is 2.07. The Labute approximate surface area is 82.6 Å². The molecule has 1 amide bonds. The Morgan fingerprint density at radius 3 is 2.86 bits per heavy atom. The van der Waals surface area contributed by atoms with Crippen LogP contribution in [0.15, 0.2) is 0 Å². The highest BCUT2D eigenvalue weighted by molar-refractivity contribution is 5.86. The van der Waals surface area contributed by atoms with E-state index in [4.69, 9.17) is 9.84 Å². The van der Waals surface area contributed by atoms with Crippen LogP contribution in [0.5, 0.6) is 0 Å². The van der Waals surface area contributed by atoms with Crippen molar-refractivity contribution in [2.45, 2.75) is 32.4 Å². The van der Waals surface area contributed by atoms with Gasteiger partial charge in [0.15, 0.2) is 0 Å². The minimum atomic E-state index is -1.01. The van der Waals surface area contributed by atoms with Gasteiger partial charge < -0.3 is 14.7 Å².